The Bertz CT molecular complexity index is 932. The van der Waals surface area contributed by atoms with Gasteiger partial charge in [0.05, 0.1) is 10.6 Å². The number of nitrogens with one attached hydrogen (secondary N) is 1. The van der Waals surface area contributed by atoms with E-state index in [1.807, 2.05) is 12.1 Å². The molecule has 0 radical (unpaired) electrons. The summed E-state index contributed by atoms with van der Waals surface area (Å²) in [6.45, 7) is 8.34. The number of ether oxygens (including phenoxy) is 1. The van der Waals surface area contributed by atoms with E-state index in [0.29, 0.717) is 16.3 Å². The SMILES string of the molecule is C[N+]#Cc1ccc(OC2C(C)(C)C(NC(=O)c3cncnc3)C2(C)C)cc1Cl. The highest BCUT2D eigenvalue weighted by atomic mass is 35.5. The molecule has 7 heteroatoms. The standard InChI is InChI=1S/C21H23ClN4O2/c1-20(2)18(26-17(27)14-10-24-12-25-11-14)21(3,4)19(20)28-15-7-6-13(9-23-5)16(22)8-15/h6-8,10-12,18-19H,1-5H3/p+1. The lowest BCUT2D eigenvalue weighted by Crippen LogP contribution is -2.74. The molecule has 0 aliphatic heterocycles. The van der Waals surface area contributed by atoms with E-state index in [9.17, 15) is 4.79 Å². The van der Waals surface area contributed by atoms with Gasteiger partial charge >= 0.3 is 6.07 Å². The molecule has 0 spiro atoms. The van der Waals surface area contributed by atoms with Gasteiger partial charge in [-0.2, -0.15) is 0 Å². The Labute approximate surface area is 170 Å². The molecular weight excluding hydrogens is 376 g/mol. The summed E-state index contributed by atoms with van der Waals surface area (Å²) in [5.74, 6) is 0.492. The molecule has 1 aliphatic rings. The first-order valence-corrected chi connectivity index (χ1v) is 9.42. The van der Waals surface area contributed by atoms with Crippen molar-refractivity contribution in [3.05, 3.63) is 57.9 Å². The number of halogens is 1. The second-order valence-corrected chi connectivity index (χ2v) is 8.56. The normalized spacial score (nSPS) is 21.6. The van der Waals surface area contributed by atoms with Crippen molar-refractivity contribution in [1.29, 1.82) is 0 Å². The fourth-order valence-corrected chi connectivity index (χ4v) is 4.56. The topological polar surface area (TPSA) is 68.5 Å². The largest absolute Gasteiger partial charge is 0.489 e. The number of aromatic nitrogens is 2. The van der Waals surface area contributed by atoms with Gasteiger partial charge in [-0.05, 0) is 12.1 Å². The lowest BCUT2D eigenvalue weighted by Gasteiger charge is -2.63. The molecule has 1 heterocycles. The van der Waals surface area contributed by atoms with Gasteiger partial charge in [-0.25, -0.2) is 9.97 Å². The maximum atomic E-state index is 12.6. The molecule has 0 bridgehead atoms. The summed E-state index contributed by atoms with van der Waals surface area (Å²) in [6.07, 6.45) is 4.31. The van der Waals surface area contributed by atoms with Crippen molar-refractivity contribution in [2.24, 2.45) is 10.8 Å². The van der Waals surface area contributed by atoms with E-state index in [-0.39, 0.29) is 28.9 Å². The zero-order valence-electron chi connectivity index (χ0n) is 16.7. The van der Waals surface area contributed by atoms with Gasteiger partial charge in [0.25, 0.3) is 13.0 Å². The minimum atomic E-state index is -0.281. The van der Waals surface area contributed by atoms with Crippen LogP contribution >= 0.6 is 11.6 Å². The Morgan fingerprint density at radius 2 is 1.86 bits per heavy atom. The zero-order valence-corrected chi connectivity index (χ0v) is 17.4. The van der Waals surface area contributed by atoms with Gasteiger partial charge in [0.2, 0.25) is 0 Å². The van der Waals surface area contributed by atoms with E-state index in [0.717, 1.165) is 5.56 Å². The first-order chi connectivity index (χ1) is 13.2. The van der Waals surface area contributed by atoms with Gasteiger partial charge in [-0.15, -0.1) is 0 Å². The highest BCUT2D eigenvalue weighted by molar-refractivity contribution is 6.31. The number of carbonyl (C=O) groups is 1. The van der Waals surface area contributed by atoms with Crippen molar-refractivity contribution >= 4 is 17.5 Å². The van der Waals surface area contributed by atoms with Gasteiger partial charge in [0.1, 0.15) is 23.7 Å². The highest BCUT2D eigenvalue weighted by Crippen LogP contribution is 2.55. The second kappa shape index (κ2) is 7.40. The average Bonchev–Trinajstić information content (AvgIpc) is 2.66. The van der Waals surface area contributed by atoms with Gasteiger partial charge in [-0.3, -0.25) is 4.79 Å². The summed E-state index contributed by atoms with van der Waals surface area (Å²) in [6, 6.07) is 8.23. The van der Waals surface area contributed by atoms with Crippen molar-refractivity contribution in [2.75, 3.05) is 7.05 Å². The first-order valence-electron chi connectivity index (χ1n) is 9.05. The Balaban J connectivity index is 1.76. The van der Waals surface area contributed by atoms with Crippen LogP contribution in [0.1, 0.15) is 43.6 Å². The van der Waals surface area contributed by atoms with Crippen LogP contribution in [0.3, 0.4) is 0 Å². The summed E-state index contributed by atoms with van der Waals surface area (Å²) in [7, 11) is 1.65. The molecule has 0 unspecified atom stereocenters. The third kappa shape index (κ3) is 3.55. The van der Waals surface area contributed by atoms with Gasteiger partial charge in [0.15, 0.2) is 0 Å². The van der Waals surface area contributed by atoms with E-state index >= 15 is 0 Å². The number of amides is 1. The predicted octanol–water partition coefficient (Wildman–Crippen LogP) is 4.05. The van der Waals surface area contributed by atoms with Gasteiger partial charge < -0.3 is 10.1 Å². The van der Waals surface area contributed by atoms with E-state index in [4.69, 9.17) is 16.3 Å². The molecule has 2 aromatic rings. The van der Waals surface area contributed by atoms with Crippen LogP contribution < -0.4 is 10.1 Å². The number of hydrogen-bond donors (Lipinski definition) is 1. The van der Waals surface area contributed by atoms with Crippen LogP contribution in [0.4, 0.5) is 0 Å². The van der Waals surface area contributed by atoms with Crippen LogP contribution in [0.5, 0.6) is 5.75 Å². The second-order valence-electron chi connectivity index (χ2n) is 8.15. The number of benzene rings is 1. The summed E-state index contributed by atoms with van der Waals surface area (Å²) in [5.41, 5.74) is 0.599. The Morgan fingerprint density at radius 3 is 2.43 bits per heavy atom. The minimum absolute atomic E-state index is 0.0759. The van der Waals surface area contributed by atoms with E-state index in [1.165, 1.54) is 18.7 Å². The molecule has 6 nitrogen and oxygen atoms in total. The molecule has 0 saturated heterocycles. The molecule has 1 amide bonds. The fourth-order valence-electron chi connectivity index (χ4n) is 4.35. The van der Waals surface area contributed by atoms with Crippen LogP contribution in [0.15, 0.2) is 36.9 Å². The number of hydrogen-bond acceptors (Lipinski definition) is 4. The molecule has 1 N–H and O–H groups in total. The van der Waals surface area contributed by atoms with Crippen molar-refractivity contribution < 1.29 is 9.53 Å². The molecule has 1 saturated carbocycles. The van der Waals surface area contributed by atoms with E-state index < -0.39 is 0 Å². The van der Waals surface area contributed by atoms with Gasteiger partial charge in [-0.1, -0.05) is 44.1 Å². The van der Waals surface area contributed by atoms with Crippen molar-refractivity contribution in [3.8, 4) is 11.8 Å². The molecule has 1 aromatic heterocycles. The molecule has 3 rings (SSSR count). The number of nitrogens with zero attached hydrogens (tertiary/aromatic N) is 3. The summed E-state index contributed by atoms with van der Waals surface area (Å²) < 4.78 is 6.29. The van der Waals surface area contributed by atoms with E-state index in [1.54, 1.807) is 13.1 Å². The summed E-state index contributed by atoms with van der Waals surface area (Å²) in [4.78, 5) is 24.3. The maximum Gasteiger partial charge on any atom is 0.312 e. The lowest BCUT2D eigenvalue weighted by molar-refractivity contribution is -0.164. The van der Waals surface area contributed by atoms with Crippen molar-refractivity contribution in [3.63, 3.8) is 0 Å². The lowest BCUT2D eigenvalue weighted by atomic mass is 9.49. The van der Waals surface area contributed by atoms with Crippen LogP contribution in [0, 0.1) is 16.9 Å². The average molecular weight is 400 g/mol. The van der Waals surface area contributed by atoms with Crippen LogP contribution in [0.25, 0.3) is 4.85 Å². The Morgan fingerprint density at radius 1 is 1.21 bits per heavy atom. The molecular formula is C21H24ClN4O2+. The molecule has 146 valence electrons. The first kappa shape index (κ1) is 20.1. The third-order valence-electron chi connectivity index (χ3n) is 5.36. The minimum Gasteiger partial charge on any atom is -0.489 e. The van der Waals surface area contributed by atoms with Crippen LogP contribution in [-0.2, 0) is 0 Å². The number of carbonyl (C=O) groups excluding carboxylic acids is 1. The quantitative estimate of drug-likeness (QED) is 0.841. The van der Waals surface area contributed by atoms with E-state index in [2.05, 4.69) is 53.9 Å². The molecule has 1 aromatic carbocycles. The number of rotatable bonds is 4. The fraction of sp³-hybridized carbons (Fsp3) is 0.429. The monoisotopic (exact) mass is 399 g/mol. The van der Waals surface area contributed by atoms with Gasteiger partial charge in [0, 0.05) is 35.3 Å². The van der Waals surface area contributed by atoms with Crippen molar-refractivity contribution in [2.45, 2.75) is 39.8 Å². The van der Waals surface area contributed by atoms with Crippen LogP contribution in [0.2, 0.25) is 5.02 Å². The van der Waals surface area contributed by atoms with Crippen LogP contribution in [-0.4, -0.2) is 35.1 Å². The van der Waals surface area contributed by atoms with Crippen molar-refractivity contribution in [1.82, 2.24) is 15.3 Å². The molecule has 1 aliphatic carbocycles. The molecule has 28 heavy (non-hydrogen) atoms. The maximum absolute atomic E-state index is 12.6. The third-order valence-corrected chi connectivity index (χ3v) is 5.68. The summed E-state index contributed by atoms with van der Waals surface area (Å²) in [5, 5.41) is 3.65. The zero-order chi connectivity index (χ0) is 20.5. The Hall–Kier alpha value is -2.65. The predicted molar refractivity (Wildman–Crippen MR) is 109 cm³/mol. The summed E-state index contributed by atoms with van der Waals surface area (Å²) >= 11 is 6.29. The highest BCUT2D eigenvalue weighted by Gasteiger charge is 2.64. The smallest absolute Gasteiger partial charge is 0.312 e. The molecule has 0 atom stereocenters. The molecule has 1 fully saturated rings. The Kier molecular flexibility index (Phi) is 5.31.